The summed E-state index contributed by atoms with van der Waals surface area (Å²) in [4.78, 5) is 0. The molecule has 3 heteroatoms. The third-order valence-corrected chi connectivity index (χ3v) is 3.32. The molecule has 0 saturated heterocycles. The first-order chi connectivity index (χ1) is 6.68. The van der Waals surface area contributed by atoms with Crippen LogP contribution in [0.1, 0.15) is 18.9 Å². The first-order valence-electron chi connectivity index (χ1n) is 4.83. The zero-order chi connectivity index (χ0) is 10.4. The van der Waals surface area contributed by atoms with E-state index < -0.39 is 10.8 Å². The summed E-state index contributed by atoms with van der Waals surface area (Å²) in [6.45, 7) is 1.94. The van der Waals surface area contributed by atoms with Crippen molar-refractivity contribution in [2.24, 2.45) is 5.73 Å². The predicted molar refractivity (Wildman–Crippen MR) is 61.4 cm³/mol. The van der Waals surface area contributed by atoms with E-state index in [-0.39, 0.29) is 6.04 Å². The SMILES string of the molecule is CC(N)CCS(=O)Cc1ccccc1. The van der Waals surface area contributed by atoms with E-state index in [0.717, 1.165) is 12.0 Å². The monoisotopic (exact) mass is 211 g/mol. The van der Waals surface area contributed by atoms with Gasteiger partial charge in [-0.3, -0.25) is 4.21 Å². The summed E-state index contributed by atoms with van der Waals surface area (Å²) in [7, 11) is -0.772. The van der Waals surface area contributed by atoms with E-state index in [2.05, 4.69) is 0 Å². The zero-order valence-electron chi connectivity index (χ0n) is 8.48. The van der Waals surface area contributed by atoms with Gasteiger partial charge in [-0.25, -0.2) is 0 Å². The van der Waals surface area contributed by atoms with Crippen LogP contribution in [-0.4, -0.2) is 16.0 Å². The predicted octanol–water partition coefficient (Wildman–Crippen LogP) is 1.67. The van der Waals surface area contributed by atoms with Crippen LogP contribution in [0.3, 0.4) is 0 Å². The van der Waals surface area contributed by atoms with Crippen LogP contribution in [0, 0.1) is 0 Å². The Bertz CT molecular complexity index is 285. The van der Waals surface area contributed by atoms with Crippen molar-refractivity contribution < 1.29 is 4.21 Å². The lowest BCUT2D eigenvalue weighted by atomic mass is 10.2. The molecule has 0 aliphatic rings. The summed E-state index contributed by atoms with van der Waals surface area (Å²) in [5.41, 5.74) is 6.73. The summed E-state index contributed by atoms with van der Waals surface area (Å²) < 4.78 is 11.6. The van der Waals surface area contributed by atoms with Crippen molar-refractivity contribution in [2.75, 3.05) is 5.75 Å². The van der Waals surface area contributed by atoms with Crippen LogP contribution in [0.25, 0.3) is 0 Å². The molecule has 0 fully saturated rings. The highest BCUT2D eigenvalue weighted by Crippen LogP contribution is 2.04. The molecule has 0 radical (unpaired) electrons. The Balaban J connectivity index is 2.35. The van der Waals surface area contributed by atoms with E-state index in [1.54, 1.807) is 0 Å². The quantitative estimate of drug-likeness (QED) is 0.805. The van der Waals surface area contributed by atoms with Gasteiger partial charge in [0, 0.05) is 28.3 Å². The molecule has 78 valence electrons. The van der Waals surface area contributed by atoms with Crippen molar-refractivity contribution in [3.63, 3.8) is 0 Å². The molecule has 2 atom stereocenters. The van der Waals surface area contributed by atoms with Crippen molar-refractivity contribution in [3.8, 4) is 0 Å². The minimum atomic E-state index is -0.772. The number of rotatable bonds is 5. The Morgan fingerprint density at radius 3 is 2.57 bits per heavy atom. The first kappa shape index (κ1) is 11.4. The molecule has 1 rings (SSSR count). The minimum Gasteiger partial charge on any atom is -0.328 e. The lowest BCUT2D eigenvalue weighted by Gasteiger charge is -2.04. The topological polar surface area (TPSA) is 43.1 Å². The molecule has 0 saturated carbocycles. The zero-order valence-corrected chi connectivity index (χ0v) is 9.30. The number of hydrogen-bond acceptors (Lipinski definition) is 2. The fourth-order valence-electron chi connectivity index (χ4n) is 1.15. The molecular weight excluding hydrogens is 194 g/mol. The molecule has 2 N–H and O–H groups in total. The molecular formula is C11H17NOS. The minimum absolute atomic E-state index is 0.148. The Morgan fingerprint density at radius 1 is 1.36 bits per heavy atom. The number of hydrogen-bond donors (Lipinski definition) is 1. The highest BCUT2D eigenvalue weighted by atomic mass is 32.2. The average molecular weight is 211 g/mol. The highest BCUT2D eigenvalue weighted by Gasteiger charge is 2.02. The summed E-state index contributed by atoms with van der Waals surface area (Å²) in [5, 5.41) is 0. The average Bonchev–Trinajstić information content (AvgIpc) is 2.16. The van der Waals surface area contributed by atoms with Crippen molar-refractivity contribution in [3.05, 3.63) is 35.9 Å². The molecule has 0 spiro atoms. The maximum atomic E-state index is 11.6. The Morgan fingerprint density at radius 2 is 2.00 bits per heavy atom. The second-order valence-electron chi connectivity index (χ2n) is 3.54. The fraction of sp³-hybridized carbons (Fsp3) is 0.455. The van der Waals surface area contributed by atoms with Crippen LogP contribution in [0.2, 0.25) is 0 Å². The molecule has 2 unspecified atom stereocenters. The summed E-state index contributed by atoms with van der Waals surface area (Å²) in [6.07, 6.45) is 0.833. The number of nitrogens with two attached hydrogens (primary N) is 1. The van der Waals surface area contributed by atoms with Crippen molar-refractivity contribution in [1.29, 1.82) is 0 Å². The maximum Gasteiger partial charge on any atom is 0.0485 e. The van der Waals surface area contributed by atoms with E-state index in [9.17, 15) is 4.21 Å². The van der Waals surface area contributed by atoms with Crippen LogP contribution >= 0.6 is 0 Å². The normalized spacial score (nSPS) is 15.0. The van der Waals surface area contributed by atoms with E-state index >= 15 is 0 Å². The Hall–Kier alpha value is -0.670. The van der Waals surface area contributed by atoms with Gasteiger partial charge in [-0.1, -0.05) is 30.3 Å². The summed E-state index contributed by atoms with van der Waals surface area (Å²) >= 11 is 0. The highest BCUT2D eigenvalue weighted by molar-refractivity contribution is 7.84. The smallest absolute Gasteiger partial charge is 0.0485 e. The molecule has 1 aromatic carbocycles. The van der Waals surface area contributed by atoms with Gasteiger partial charge in [-0.2, -0.15) is 0 Å². The van der Waals surface area contributed by atoms with Gasteiger partial charge < -0.3 is 5.73 Å². The van der Waals surface area contributed by atoms with Gasteiger partial charge in [0.15, 0.2) is 0 Å². The second kappa shape index (κ2) is 5.94. The van der Waals surface area contributed by atoms with Crippen molar-refractivity contribution in [1.82, 2.24) is 0 Å². The van der Waals surface area contributed by atoms with Gasteiger partial charge in [0.25, 0.3) is 0 Å². The third kappa shape index (κ3) is 4.53. The van der Waals surface area contributed by atoms with Crippen LogP contribution in [0.5, 0.6) is 0 Å². The maximum absolute atomic E-state index is 11.6. The van der Waals surface area contributed by atoms with Gasteiger partial charge in [0.2, 0.25) is 0 Å². The Labute approximate surface area is 88.0 Å². The van der Waals surface area contributed by atoms with E-state index in [1.807, 2.05) is 37.3 Å². The second-order valence-corrected chi connectivity index (χ2v) is 5.12. The molecule has 0 aliphatic heterocycles. The van der Waals surface area contributed by atoms with Gasteiger partial charge in [0.1, 0.15) is 0 Å². The van der Waals surface area contributed by atoms with Gasteiger partial charge in [0.05, 0.1) is 0 Å². The van der Waals surface area contributed by atoms with Crippen molar-refractivity contribution in [2.45, 2.75) is 25.1 Å². The summed E-state index contributed by atoms with van der Waals surface area (Å²) in [6, 6.07) is 10.1. The molecule has 0 aromatic heterocycles. The van der Waals surface area contributed by atoms with Crippen LogP contribution in [0.15, 0.2) is 30.3 Å². The molecule has 0 amide bonds. The van der Waals surface area contributed by atoms with Crippen molar-refractivity contribution >= 4 is 10.8 Å². The largest absolute Gasteiger partial charge is 0.328 e. The van der Waals surface area contributed by atoms with Gasteiger partial charge in [-0.15, -0.1) is 0 Å². The lowest BCUT2D eigenvalue weighted by molar-refractivity contribution is 0.667. The summed E-state index contributed by atoms with van der Waals surface area (Å²) in [5.74, 6) is 1.35. The molecule has 2 nitrogen and oxygen atoms in total. The Kier molecular flexibility index (Phi) is 4.84. The molecule has 0 aliphatic carbocycles. The fourth-order valence-corrected chi connectivity index (χ4v) is 2.49. The van der Waals surface area contributed by atoms with E-state index in [0.29, 0.717) is 11.5 Å². The molecule has 1 aromatic rings. The van der Waals surface area contributed by atoms with E-state index in [4.69, 9.17) is 5.73 Å². The molecule has 0 bridgehead atoms. The lowest BCUT2D eigenvalue weighted by Crippen LogP contribution is -2.18. The number of benzene rings is 1. The first-order valence-corrected chi connectivity index (χ1v) is 6.32. The van der Waals surface area contributed by atoms with Gasteiger partial charge >= 0.3 is 0 Å². The van der Waals surface area contributed by atoms with E-state index in [1.165, 1.54) is 0 Å². The van der Waals surface area contributed by atoms with Crippen LogP contribution in [-0.2, 0) is 16.6 Å². The molecule has 0 heterocycles. The van der Waals surface area contributed by atoms with Crippen LogP contribution in [0.4, 0.5) is 0 Å². The van der Waals surface area contributed by atoms with Gasteiger partial charge in [-0.05, 0) is 18.9 Å². The third-order valence-electron chi connectivity index (χ3n) is 1.97. The molecule has 14 heavy (non-hydrogen) atoms. The standard InChI is InChI=1S/C11H17NOS/c1-10(12)7-8-14(13)9-11-5-3-2-4-6-11/h2-6,10H,7-9,12H2,1H3. The van der Waals surface area contributed by atoms with Crippen LogP contribution < -0.4 is 5.73 Å².